The maximum absolute atomic E-state index is 9.42. The minimum absolute atomic E-state index is 0.135. The normalized spacial score (nSPS) is 13.8. The second kappa shape index (κ2) is 8.82. The fourth-order valence-electron chi connectivity index (χ4n) is 2.14. The van der Waals surface area contributed by atoms with Crippen molar-refractivity contribution in [3.05, 3.63) is 24.3 Å². The highest BCUT2D eigenvalue weighted by Gasteiger charge is 2.21. The number of rotatable bonds is 10. The Morgan fingerprint density at radius 2 is 1.80 bits per heavy atom. The lowest BCUT2D eigenvalue weighted by molar-refractivity contribution is 0.157. The minimum atomic E-state index is -0.225. The van der Waals surface area contributed by atoms with Crippen molar-refractivity contribution in [2.45, 2.75) is 39.2 Å². The number of benzene rings is 1. The van der Waals surface area contributed by atoms with Crippen molar-refractivity contribution in [2.75, 3.05) is 26.4 Å². The van der Waals surface area contributed by atoms with Crippen LogP contribution >= 0.6 is 0 Å². The molecule has 0 heterocycles. The van der Waals surface area contributed by atoms with Crippen molar-refractivity contribution in [3.8, 4) is 11.5 Å². The van der Waals surface area contributed by atoms with Crippen molar-refractivity contribution in [2.24, 2.45) is 0 Å². The molecule has 0 aliphatic carbocycles. The molecule has 4 heteroatoms. The second-order valence-electron chi connectivity index (χ2n) is 5.08. The van der Waals surface area contributed by atoms with E-state index in [4.69, 9.17) is 9.47 Å². The average Bonchev–Trinajstić information content (AvgIpc) is 2.46. The molecule has 0 aliphatic rings. The molecule has 4 nitrogen and oxygen atoms in total. The third kappa shape index (κ3) is 5.39. The first-order chi connectivity index (χ1) is 9.65. The molecule has 0 saturated heterocycles. The van der Waals surface area contributed by atoms with Gasteiger partial charge in [0.1, 0.15) is 0 Å². The van der Waals surface area contributed by atoms with Gasteiger partial charge in [-0.1, -0.05) is 19.1 Å². The van der Waals surface area contributed by atoms with Crippen molar-refractivity contribution in [3.63, 3.8) is 0 Å². The van der Waals surface area contributed by atoms with E-state index < -0.39 is 0 Å². The van der Waals surface area contributed by atoms with E-state index in [1.807, 2.05) is 45.0 Å². The number of ether oxygens (including phenoxy) is 2. The van der Waals surface area contributed by atoms with Crippen molar-refractivity contribution >= 4 is 0 Å². The predicted molar refractivity (Wildman–Crippen MR) is 81.5 cm³/mol. The third-order valence-corrected chi connectivity index (χ3v) is 3.23. The smallest absolute Gasteiger partial charge is 0.161 e. The zero-order chi connectivity index (χ0) is 14.8. The van der Waals surface area contributed by atoms with Crippen LogP contribution in [0.25, 0.3) is 0 Å². The minimum Gasteiger partial charge on any atom is -0.490 e. The molecule has 0 bridgehead atoms. The number of aliphatic hydroxyl groups is 1. The first-order valence-corrected chi connectivity index (χ1v) is 7.35. The number of aliphatic hydroxyl groups excluding tert-OH is 1. The topological polar surface area (TPSA) is 50.7 Å². The third-order valence-electron chi connectivity index (χ3n) is 3.23. The number of likely N-dealkylation sites (N-methyl/N-ethyl adjacent to an activating group) is 1. The van der Waals surface area contributed by atoms with Gasteiger partial charge in [0.2, 0.25) is 0 Å². The monoisotopic (exact) mass is 281 g/mol. The molecule has 0 radical (unpaired) electrons. The van der Waals surface area contributed by atoms with Crippen LogP contribution in [0.4, 0.5) is 0 Å². The number of hydrogen-bond donors (Lipinski definition) is 2. The van der Waals surface area contributed by atoms with Crippen LogP contribution in [0.1, 0.15) is 33.6 Å². The quantitative estimate of drug-likeness (QED) is 0.647. The van der Waals surface area contributed by atoms with E-state index in [1.165, 1.54) is 0 Å². The predicted octanol–water partition coefficient (Wildman–Crippen LogP) is 2.60. The van der Waals surface area contributed by atoms with E-state index in [0.29, 0.717) is 13.2 Å². The van der Waals surface area contributed by atoms with Crippen LogP contribution in [-0.2, 0) is 0 Å². The molecule has 0 fully saturated rings. The summed E-state index contributed by atoms with van der Waals surface area (Å²) in [5.41, 5.74) is -0.225. The van der Waals surface area contributed by atoms with E-state index in [1.54, 1.807) is 0 Å². The van der Waals surface area contributed by atoms with Crippen LogP contribution in [-0.4, -0.2) is 37.0 Å². The SMILES string of the molecule is CCNC(C)(CO)CCCOc1ccccc1OCC. The average molecular weight is 281 g/mol. The van der Waals surface area contributed by atoms with Gasteiger partial charge in [-0.25, -0.2) is 0 Å². The molecule has 1 atom stereocenters. The van der Waals surface area contributed by atoms with Gasteiger partial charge in [-0.05, 0) is 45.4 Å². The van der Waals surface area contributed by atoms with Gasteiger partial charge in [-0.15, -0.1) is 0 Å². The van der Waals surface area contributed by atoms with Gasteiger partial charge < -0.3 is 19.9 Å². The molecule has 1 unspecified atom stereocenters. The number of hydrogen-bond acceptors (Lipinski definition) is 4. The second-order valence-corrected chi connectivity index (χ2v) is 5.08. The van der Waals surface area contributed by atoms with Gasteiger partial charge in [-0.2, -0.15) is 0 Å². The van der Waals surface area contributed by atoms with Crippen LogP contribution in [0.15, 0.2) is 24.3 Å². The largest absolute Gasteiger partial charge is 0.490 e. The first kappa shape index (κ1) is 16.8. The number of para-hydroxylation sites is 2. The summed E-state index contributed by atoms with van der Waals surface area (Å²) in [5, 5.41) is 12.7. The molecule has 1 rings (SSSR count). The molecule has 0 saturated carbocycles. The Morgan fingerprint density at radius 1 is 1.15 bits per heavy atom. The lowest BCUT2D eigenvalue weighted by Crippen LogP contribution is -2.45. The summed E-state index contributed by atoms with van der Waals surface area (Å²) in [4.78, 5) is 0. The van der Waals surface area contributed by atoms with Crippen LogP contribution in [0.5, 0.6) is 11.5 Å². The maximum atomic E-state index is 9.42. The van der Waals surface area contributed by atoms with Gasteiger partial charge in [0.25, 0.3) is 0 Å². The van der Waals surface area contributed by atoms with Gasteiger partial charge in [0, 0.05) is 5.54 Å². The van der Waals surface area contributed by atoms with E-state index in [0.717, 1.165) is 30.9 Å². The van der Waals surface area contributed by atoms with E-state index in [9.17, 15) is 5.11 Å². The summed E-state index contributed by atoms with van der Waals surface area (Å²) in [5.74, 6) is 1.56. The van der Waals surface area contributed by atoms with Gasteiger partial charge in [0.15, 0.2) is 11.5 Å². The van der Waals surface area contributed by atoms with Gasteiger partial charge >= 0.3 is 0 Å². The lowest BCUT2D eigenvalue weighted by Gasteiger charge is -2.28. The number of nitrogens with one attached hydrogen (secondary N) is 1. The first-order valence-electron chi connectivity index (χ1n) is 7.35. The molecule has 1 aromatic carbocycles. The highest BCUT2D eigenvalue weighted by molar-refractivity contribution is 5.39. The van der Waals surface area contributed by atoms with Gasteiger partial charge in [0.05, 0.1) is 19.8 Å². The van der Waals surface area contributed by atoms with Crippen molar-refractivity contribution < 1.29 is 14.6 Å². The summed E-state index contributed by atoms with van der Waals surface area (Å²) in [7, 11) is 0. The van der Waals surface area contributed by atoms with Crippen molar-refractivity contribution in [1.82, 2.24) is 5.32 Å². The van der Waals surface area contributed by atoms with E-state index in [2.05, 4.69) is 5.32 Å². The Kier molecular flexibility index (Phi) is 7.41. The Morgan fingerprint density at radius 3 is 2.35 bits per heavy atom. The molecule has 2 N–H and O–H groups in total. The van der Waals surface area contributed by atoms with Crippen LogP contribution < -0.4 is 14.8 Å². The fourth-order valence-corrected chi connectivity index (χ4v) is 2.14. The Labute approximate surface area is 122 Å². The van der Waals surface area contributed by atoms with Gasteiger partial charge in [-0.3, -0.25) is 0 Å². The summed E-state index contributed by atoms with van der Waals surface area (Å²) in [6, 6.07) is 7.70. The molecular formula is C16H27NO3. The molecular weight excluding hydrogens is 254 g/mol. The Balaban J connectivity index is 2.41. The summed E-state index contributed by atoms with van der Waals surface area (Å²) in [6.45, 7) is 8.27. The highest BCUT2D eigenvalue weighted by atomic mass is 16.5. The zero-order valence-electron chi connectivity index (χ0n) is 12.8. The summed E-state index contributed by atoms with van der Waals surface area (Å²) in [6.07, 6.45) is 1.75. The van der Waals surface area contributed by atoms with Crippen LogP contribution in [0.3, 0.4) is 0 Å². The highest BCUT2D eigenvalue weighted by Crippen LogP contribution is 2.26. The summed E-state index contributed by atoms with van der Waals surface area (Å²) < 4.78 is 11.3. The zero-order valence-corrected chi connectivity index (χ0v) is 12.8. The summed E-state index contributed by atoms with van der Waals surface area (Å²) >= 11 is 0. The molecule has 0 aliphatic heterocycles. The fraction of sp³-hybridized carbons (Fsp3) is 0.625. The van der Waals surface area contributed by atoms with Crippen LogP contribution in [0.2, 0.25) is 0 Å². The van der Waals surface area contributed by atoms with E-state index in [-0.39, 0.29) is 12.1 Å². The van der Waals surface area contributed by atoms with Crippen molar-refractivity contribution in [1.29, 1.82) is 0 Å². The Bertz CT molecular complexity index is 384. The molecule has 20 heavy (non-hydrogen) atoms. The van der Waals surface area contributed by atoms with Crippen LogP contribution in [0, 0.1) is 0 Å². The molecule has 0 spiro atoms. The maximum Gasteiger partial charge on any atom is 0.161 e. The van der Waals surface area contributed by atoms with E-state index >= 15 is 0 Å². The molecule has 0 aromatic heterocycles. The lowest BCUT2D eigenvalue weighted by atomic mass is 9.97. The Hall–Kier alpha value is -1.26. The molecule has 114 valence electrons. The standard InChI is InChI=1S/C16H27NO3/c1-4-17-16(3,13-18)11-8-12-20-15-10-7-6-9-14(15)19-5-2/h6-7,9-10,17-18H,4-5,8,11-13H2,1-3H3. The molecule has 0 amide bonds. The molecule has 1 aromatic rings.